The molecule has 0 aromatic heterocycles. The molecule has 0 aromatic rings. The van der Waals surface area contributed by atoms with E-state index in [2.05, 4.69) is 0 Å². The number of carbonyl (C=O) groups is 1. The summed E-state index contributed by atoms with van der Waals surface area (Å²) in [6.07, 6.45) is 3.34. The van der Waals surface area contributed by atoms with Crippen molar-refractivity contribution in [3.63, 3.8) is 0 Å². The second-order valence-corrected chi connectivity index (χ2v) is 8.02. The fourth-order valence-electron chi connectivity index (χ4n) is 2.96. The number of aliphatic hydroxyl groups excluding tert-OH is 1. The third-order valence-corrected chi connectivity index (χ3v) is 7.31. The first-order valence-electron chi connectivity index (χ1n) is 5.87. The lowest BCUT2D eigenvalue weighted by molar-refractivity contribution is -0.156. The van der Waals surface area contributed by atoms with E-state index >= 15 is 0 Å². The SMILES string of the molecule is O=C1O[C@H](O)[C@H]2CC3(CC[C@@H]12)SCCCS3. The molecule has 2 heterocycles. The van der Waals surface area contributed by atoms with Gasteiger partial charge < -0.3 is 9.84 Å². The largest absolute Gasteiger partial charge is 0.435 e. The van der Waals surface area contributed by atoms with Crippen LogP contribution in [0.15, 0.2) is 0 Å². The molecule has 2 saturated heterocycles. The van der Waals surface area contributed by atoms with Crippen molar-refractivity contribution in [2.75, 3.05) is 11.5 Å². The van der Waals surface area contributed by atoms with Crippen LogP contribution in [0, 0.1) is 11.8 Å². The summed E-state index contributed by atoms with van der Waals surface area (Å²) in [6, 6.07) is 0. The number of fused-ring (bicyclic) bond motifs is 1. The van der Waals surface area contributed by atoms with E-state index in [1.54, 1.807) is 0 Å². The highest BCUT2D eigenvalue weighted by molar-refractivity contribution is 8.18. The summed E-state index contributed by atoms with van der Waals surface area (Å²) in [5.74, 6) is 2.26. The smallest absolute Gasteiger partial charge is 0.311 e. The number of hydrogen-bond acceptors (Lipinski definition) is 5. The molecule has 1 spiro atoms. The average molecular weight is 260 g/mol. The van der Waals surface area contributed by atoms with Crippen LogP contribution in [0.25, 0.3) is 0 Å². The molecular weight excluding hydrogens is 244 g/mol. The topological polar surface area (TPSA) is 46.5 Å². The normalized spacial score (nSPS) is 41.8. The average Bonchev–Trinajstić information content (AvgIpc) is 2.55. The summed E-state index contributed by atoms with van der Waals surface area (Å²) in [6.45, 7) is 0. The Kier molecular flexibility index (Phi) is 2.88. The minimum Gasteiger partial charge on any atom is -0.435 e. The van der Waals surface area contributed by atoms with Gasteiger partial charge in [-0.1, -0.05) is 0 Å². The van der Waals surface area contributed by atoms with Gasteiger partial charge in [-0.05, 0) is 37.2 Å². The molecule has 1 saturated carbocycles. The highest BCUT2D eigenvalue weighted by atomic mass is 32.2. The molecule has 3 aliphatic rings. The summed E-state index contributed by atoms with van der Waals surface area (Å²) >= 11 is 4.05. The lowest BCUT2D eigenvalue weighted by Gasteiger charge is -2.42. The van der Waals surface area contributed by atoms with Crippen molar-refractivity contribution in [1.82, 2.24) is 0 Å². The summed E-state index contributed by atoms with van der Waals surface area (Å²) in [5.41, 5.74) is 0. The number of esters is 1. The molecule has 16 heavy (non-hydrogen) atoms. The van der Waals surface area contributed by atoms with E-state index in [9.17, 15) is 9.90 Å². The minimum atomic E-state index is -0.849. The van der Waals surface area contributed by atoms with Crippen LogP contribution in [0.1, 0.15) is 25.7 Å². The highest BCUT2D eigenvalue weighted by Crippen LogP contribution is 2.56. The Morgan fingerprint density at radius 3 is 2.88 bits per heavy atom. The Morgan fingerprint density at radius 1 is 1.38 bits per heavy atom. The van der Waals surface area contributed by atoms with E-state index in [1.165, 1.54) is 17.9 Å². The van der Waals surface area contributed by atoms with Crippen molar-refractivity contribution in [2.24, 2.45) is 11.8 Å². The predicted molar refractivity (Wildman–Crippen MR) is 65.2 cm³/mol. The van der Waals surface area contributed by atoms with Crippen LogP contribution in [0.4, 0.5) is 0 Å². The van der Waals surface area contributed by atoms with Crippen LogP contribution in [0.2, 0.25) is 0 Å². The molecule has 0 bridgehead atoms. The van der Waals surface area contributed by atoms with Gasteiger partial charge in [0.05, 0.1) is 10.00 Å². The molecule has 3 nitrogen and oxygen atoms in total. The molecular formula is C11H16O3S2. The quantitative estimate of drug-likeness (QED) is 0.673. The number of carbonyl (C=O) groups excluding carboxylic acids is 1. The van der Waals surface area contributed by atoms with Gasteiger partial charge in [-0.25, -0.2) is 0 Å². The van der Waals surface area contributed by atoms with Crippen LogP contribution in [0.3, 0.4) is 0 Å². The Hall–Kier alpha value is 0.130. The summed E-state index contributed by atoms with van der Waals surface area (Å²) in [4.78, 5) is 11.5. The lowest BCUT2D eigenvalue weighted by Crippen LogP contribution is -2.38. The van der Waals surface area contributed by atoms with Gasteiger partial charge >= 0.3 is 5.97 Å². The third kappa shape index (κ3) is 1.77. The fraction of sp³-hybridized carbons (Fsp3) is 0.909. The third-order valence-electron chi connectivity index (χ3n) is 3.82. The van der Waals surface area contributed by atoms with Crippen LogP contribution >= 0.6 is 23.5 Å². The number of ether oxygens (including phenoxy) is 1. The van der Waals surface area contributed by atoms with Gasteiger partial charge in [0.2, 0.25) is 6.29 Å². The monoisotopic (exact) mass is 260 g/mol. The Balaban J connectivity index is 1.76. The van der Waals surface area contributed by atoms with Gasteiger partial charge in [0.25, 0.3) is 0 Å². The van der Waals surface area contributed by atoms with E-state index in [-0.39, 0.29) is 21.9 Å². The predicted octanol–water partition coefficient (Wildman–Crippen LogP) is 1.84. The zero-order valence-electron chi connectivity index (χ0n) is 9.05. The molecule has 3 rings (SSSR count). The molecule has 1 N–H and O–H groups in total. The zero-order valence-corrected chi connectivity index (χ0v) is 10.7. The first-order valence-corrected chi connectivity index (χ1v) is 7.84. The second-order valence-electron chi connectivity index (χ2n) is 4.80. The molecule has 2 aliphatic heterocycles. The molecule has 0 aromatic carbocycles. The molecule has 3 atom stereocenters. The first-order chi connectivity index (χ1) is 7.70. The lowest BCUT2D eigenvalue weighted by atomic mass is 9.80. The maximum absolute atomic E-state index is 11.5. The minimum absolute atomic E-state index is 0.0382. The van der Waals surface area contributed by atoms with Crippen LogP contribution in [0.5, 0.6) is 0 Å². The van der Waals surface area contributed by atoms with E-state index in [0.717, 1.165) is 19.3 Å². The Bertz CT molecular complexity index is 302. The number of thioether (sulfide) groups is 2. The maximum atomic E-state index is 11.5. The van der Waals surface area contributed by atoms with E-state index < -0.39 is 6.29 Å². The van der Waals surface area contributed by atoms with Gasteiger partial charge in [0.1, 0.15) is 0 Å². The molecule has 0 unspecified atom stereocenters. The van der Waals surface area contributed by atoms with Crippen molar-refractivity contribution < 1.29 is 14.6 Å². The summed E-state index contributed by atoms with van der Waals surface area (Å²) in [5, 5.41) is 9.75. The molecule has 5 heteroatoms. The number of rotatable bonds is 0. The number of cyclic esters (lactones) is 1. The van der Waals surface area contributed by atoms with Gasteiger partial charge in [-0.15, -0.1) is 23.5 Å². The van der Waals surface area contributed by atoms with Crippen molar-refractivity contribution >= 4 is 29.5 Å². The van der Waals surface area contributed by atoms with E-state index in [0.29, 0.717) is 0 Å². The van der Waals surface area contributed by atoms with Crippen molar-refractivity contribution in [3.05, 3.63) is 0 Å². The standard InChI is InChI=1S/C11H16O3S2/c12-9-7-2-3-11(15-4-1-5-16-11)6-8(7)10(13)14-9/h7-8,10,13H,1-6H2/t7-,8+,10+/m1/s1. The summed E-state index contributed by atoms with van der Waals surface area (Å²) in [7, 11) is 0. The van der Waals surface area contributed by atoms with Gasteiger partial charge in [-0.3, -0.25) is 4.79 Å². The van der Waals surface area contributed by atoms with Crippen LogP contribution < -0.4 is 0 Å². The Morgan fingerprint density at radius 2 is 2.12 bits per heavy atom. The van der Waals surface area contributed by atoms with E-state index in [4.69, 9.17) is 4.74 Å². The van der Waals surface area contributed by atoms with Crippen molar-refractivity contribution in [3.8, 4) is 0 Å². The van der Waals surface area contributed by atoms with Gasteiger partial charge in [-0.2, -0.15) is 0 Å². The number of hydrogen-bond donors (Lipinski definition) is 1. The summed E-state index contributed by atoms with van der Waals surface area (Å²) < 4.78 is 5.20. The zero-order chi connectivity index (χ0) is 11.2. The molecule has 1 aliphatic carbocycles. The first kappa shape index (κ1) is 11.2. The van der Waals surface area contributed by atoms with E-state index in [1.807, 2.05) is 23.5 Å². The molecule has 0 amide bonds. The number of aliphatic hydroxyl groups is 1. The molecule has 3 fully saturated rings. The highest BCUT2D eigenvalue weighted by Gasteiger charge is 2.52. The van der Waals surface area contributed by atoms with Gasteiger partial charge in [0.15, 0.2) is 0 Å². The molecule has 0 radical (unpaired) electrons. The van der Waals surface area contributed by atoms with Gasteiger partial charge in [0, 0.05) is 5.92 Å². The second kappa shape index (κ2) is 4.10. The van der Waals surface area contributed by atoms with Crippen molar-refractivity contribution in [1.29, 1.82) is 0 Å². The fourth-order valence-corrected chi connectivity index (χ4v) is 6.44. The van der Waals surface area contributed by atoms with Crippen LogP contribution in [-0.2, 0) is 9.53 Å². The Labute approximate surface area is 104 Å². The molecule has 90 valence electrons. The van der Waals surface area contributed by atoms with Crippen molar-refractivity contribution in [2.45, 2.75) is 36.1 Å². The maximum Gasteiger partial charge on any atom is 0.311 e. The van der Waals surface area contributed by atoms with Crippen LogP contribution in [-0.4, -0.2) is 33.0 Å².